The van der Waals surface area contributed by atoms with Gasteiger partial charge in [-0.05, 0) is 23.8 Å². The summed E-state index contributed by atoms with van der Waals surface area (Å²) in [6.45, 7) is 1.01. The third-order valence-corrected chi connectivity index (χ3v) is 4.63. The van der Waals surface area contributed by atoms with Crippen molar-refractivity contribution in [1.29, 1.82) is 0 Å². The molecule has 0 spiro atoms. The van der Waals surface area contributed by atoms with E-state index >= 15 is 0 Å². The first-order valence-corrected chi connectivity index (χ1v) is 7.75. The summed E-state index contributed by atoms with van der Waals surface area (Å²) in [4.78, 5) is 12.4. The van der Waals surface area contributed by atoms with Crippen LogP contribution in [-0.4, -0.2) is 44.1 Å². The number of nitrogens with zero attached hydrogens (tertiary/aromatic N) is 1. The smallest absolute Gasteiger partial charge is 0.328 e. The van der Waals surface area contributed by atoms with E-state index in [0.29, 0.717) is 13.1 Å². The lowest BCUT2D eigenvalue weighted by atomic mass is 10.2. The van der Waals surface area contributed by atoms with E-state index in [0.717, 1.165) is 17.3 Å². The number of sulfone groups is 1. The van der Waals surface area contributed by atoms with E-state index in [-0.39, 0.29) is 11.5 Å². The molecule has 1 aliphatic heterocycles. The molecule has 0 saturated carbocycles. The van der Waals surface area contributed by atoms with E-state index in [9.17, 15) is 13.2 Å². The third kappa shape index (κ3) is 3.82. The summed E-state index contributed by atoms with van der Waals surface area (Å²) in [5.41, 5.74) is 1.76. The van der Waals surface area contributed by atoms with Crippen LogP contribution in [0.5, 0.6) is 0 Å². The number of carboxylic acids is 1. The number of rotatable bonds is 3. The maximum absolute atomic E-state index is 11.3. The van der Waals surface area contributed by atoms with Gasteiger partial charge in [-0.15, -0.1) is 0 Å². The van der Waals surface area contributed by atoms with E-state index in [1.54, 1.807) is 0 Å². The van der Waals surface area contributed by atoms with Crippen molar-refractivity contribution in [3.63, 3.8) is 0 Å². The molecule has 1 aromatic rings. The van der Waals surface area contributed by atoms with Gasteiger partial charge in [0.15, 0.2) is 9.84 Å². The Kier molecular flexibility index (Phi) is 3.90. The molecule has 0 atom stereocenters. The molecule has 1 N–H and O–H groups in total. The first-order valence-electron chi connectivity index (χ1n) is 5.93. The molecule has 0 unspecified atom stereocenters. The normalized spacial score (nSPS) is 18.6. The molecule has 0 aliphatic carbocycles. The molecule has 6 heteroatoms. The molecule has 2 rings (SSSR count). The van der Waals surface area contributed by atoms with Gasteiger partial charge in [-0.25, -0.2) is 13.2 Å². The largest absolute Gasteiger partial charge is 0.478 e. The number of carboxylic acid groups (broad SMARTS) is 1. The van der Waals surface area contributed by atoms with Crippen LogP contribution in [0.3, 0.4) is 0 Å². The van der Waals surface area contributed by atoms with Crippen LogP contribution in [0.2, 0.25) is 0 Å². The number of aliphatic carboxylic acids is 1. The van der Waals surface area contributed by atoms with Gasteiger partial charge in [-0.2, -0.15) is 0 Å². The predicted molar refractivity (Wildman–Crippen MR) is 74.0 cm³/mol. The minimum Gasteiger partial charge on any atom is -0.478 e. The number of benzene rings is 1. The molecule has 1 fully saturated rings. The van der Waals surface area contributed by atoms with Gasteiger partial charge in [-0.1, -0.05) is 12.1 Å². The second kappa shape index (κ2) is 5.44. The molecule has 1 aromatic carbocycles. The van der Waals surface area contributed by atoms with Crippen LogP contribution in [0.15, 0.2) is 30.3 Å². The molecular formula is C13H15NO4S. The van der Waals surface area contributed by atoms with Crippen LogP contribution in [0.4, 0.5) is 5.69 Å². The number of anilines is 1. The van der Waals surface area contributed by atoms with Gasteiger partial charge in [0.05, 0.1) is 11.5 Å². The summed E-state index contributed by atoms with van der Waals surface area (Å²) in [5.74, 6) is -0.605. The van der Waals surface area contributed by atoms with Gasteiger partial charge in [-0.3, -0.25) is 0 Å². The van der Waals surface area contributed by atoms with Crippen LogP contribution in [-0.2, 0) is 14.6 Å². The average Bonchev–Trinajstić information content (AvgIpc) is 2.37. The van der Waals surface area contributed by atoms with Crippen molar-refractivity contribution in [1.82, 2.24) is 0 Å². The van der Waals surface area contributed by atoms with Gasteiger partial charge >= 0.3 is 5.97 Å². The zero-order valence-corrected chi connectivity index (χ0v) is 11.1. The van der Waals surface area contributed by atoms with E-state index in [1.165, 1.54) is 6.08 Å². The fraction of sp³-hybridized carbons (Fsp3) is 0.308. The standard InChI is InChI=1S/C13H15NO4S/c15-13(16)6-3-11-1-4-12(5-2-11)14-7-9-19(17,18)10-8-14/h1-6H,7-10H2,(H,15,16)/b6-3+. The molecule has 5 nitrogen and oxygen atoms in total. The van der Waals surface area contributed by atoms with Crippen molar-refractivity contribution in [2.45, 2.75) is 0 Å². The zero-order chi connectivity index (χ0) is 13.9. The molecule has 0 amide bonds. The van der Waals surface area contributed by atoms with Crippen molar-refractivity contribution in [2.75, 3.05) is 29.5 Å². The topological polar surface area (TPSA) is 74.7 Å². The fourth-order valence-corrected chi connectivity index (χ4v) is 3.14. The Balaban J connectivity index is 2.05. The van der Waals surface area contributed by atoms with Crippen molar-refractivity contribution in [3.05, 3.63) is 35.9 Å². The molecule has 0 aromatic heterocycles. The number of hydrogen-bond donors (Lipinski definition) is 1. The Labute approximate surface area is 112 Å². The minimum atomic E-state index is -2.87. The SMILES string of the molecule is O=C(O)/C=C/c1ccc(N2CCS(=O)(=O)CC2)cc1. The Bertz CT molecular complexity index is 576. The summed E-state index contributed by atoms with van der Waals surface area (Å²) >= 11 is 0. The molecule has 1 aliphatic rings. The summed E-state index contributed by atoms with van der Waals surface area (Å²) in [5, 5.41) is 8.53. The van der Waals surface area contributed by atoms with E-state index < -0.39 is 15.8 Å². The lowest BCUT2D eigenvalue weighted by molar-refractivity contribution is -0.131. The summed E-state index contributed by atoms with van der Waals surface area (Å²) in [6.07, 6.45) is 2.61. The fourth-order valence-electron chi connectivity index (χ4n) is 1.93. The Morgan fingerprint density at radius 3 is 2.26 bits per heavy atom. The van der Waals surface area contributed by atoms with Crippen LogP contribution in [0, 0.1) is 0 Å². The lowest BCUT2D eigenvalue weighted by Crippen LogP contribution is -2.40. The van der Waals surface area contributed by atoms with Crippen molar-refractivity contribution < 1.29 is 18.3 Å². The number of carbonyl (C=O) groups is 1. The first-order chi connectivity index (χ1) is 8.96. The highest BCUT2D eigenvalue weighted by Gasteiger charge is 2.21. The molecule has 0 radical (unpaired) electrons. The molecular weight excluding hydrogens is 266 g/mol. The van der Waals surface area contributed by atoms with E-state index in [4.69, 9.17) is 5.11 Å². The molecule has 1 heterocycles. The van der Waals surface area contributed by atoms with Crippen LogP contribution < -0.4 is 4.90 Å². The van der Waals surface area contributed by atoms with Gasteiger partial charge < -0.3 is 10.0 Å². The van der Waals surface area contributed by atoms with Crippen LogP contribution >= 0.6 is 0 Å². The minimum absolute atomic E-state index is 0.188. The Hall–Kier alpha value is -1.82. The second-order valence-corrected chi connectivity index (χ2v) is 6.71. The van der Waals surface area contributed by atoms with Gasteiger partial charge in [0, 0.05) is 24.9 Å². The predicted octanol–water partition coefficient (Wildman–Crippen LogP) is 1.02. The van der Waals surface area contributed by atoms with Crippen molar-refractivity contribution in [2.24, 2.45) is 0 Å². The maximum atomic E-state index is 11.3. The first kappa shape index (κ1) is 13.6. The maximum Gasteiger partial charge on any atom is 0.328 e. The van der Waals surface area contributed by atoms with Gasteiger partial charge in [0.25, 0.3) is 0 Å². The van der Waals surface area contributed by atoms with Crippen molar-refractivity contribution in [3.8, 4) is 0 Å². The zero-order valence-electron chi connectivity index (χ0n) is 10.3. The summed E-state index contributed by atoms with van der Waals surface area (Å²) in [6, 6.07) is 7.38. The third-order valence-electron chi connectivity index (χ3n) is 3.02. The second-order valence-electron chi connectivity index (χ2n) is 4.40. The molecule has 19 heavy (non-hydrogen) atoms. The average molecular weight is 281 g/mol. The van der Waals surface area contributed by atoms with Crippen LogP contribution in [0.25, 0.3) is 6.08 Å². The van der Waals surface area contributed by atoms with Crippen molar-refractivity contribution >= 4 is 27.6 Å². The van der Waals surface area contributed by atoms with Gasteiger partial charge in [0.1, 0.15) is 0 Å². The number of hydrogen-bond acceptors (Lipinski definition) is 4. The molecule has 102 valence electrons. The summed E-state index contributed by atoms with van der Waals surface area (Å²) in [7, 11) is -2.87. The Morgan fingerprint density at radius 1 is 1.16 bits per heavy atom. The molecule has 0 bridgehead atoms. The summed E-state index contributed by atoms with van der Waals surface area (Å²) < 4.78 is 22.7. The highest BCUT2D eigenvalue weighted by molar-refractivity contribution is 7.91. The highest BCUT2D eigenvalue weighted by atomic mass is 32.2. The monoisotopic (exact) mass is 281 g/mol. The van der Waals surface area contributed by atoms with Gasteiger partial charge in [0.2, 0.25) is 0 Å². The lowest BCUT2D eigenvalue weighted by Gasteiger charge is -2.28. The molecule has 1 saturated heterocycles. The quantitative estimate of drug-likeness (QED) is 0.837. The van der Waals surface area contributed by atoms with E-state index in [2.05, 4.69) is 0 Å². The van der Waals surface area contributed by atoms with Crippen LogP contribution in [0.1, 0.15) is 5.56 Å². The Morgan fingerprint density at radius 2 is 1.74 bits per heavy atom. The van der Waals surface area contributed by atoms with E-state index in [1.807, 2.05) is 29.2 Å². The highest BCUT2D eigenvalue weighted by Crippen LogP contribution is 2.18.